The van der Waals surface area contributed by atoms with Crippen LogP contribution in [-0.4, -0.2) is 4.98 Å². The van der Waals surface area contributed by atoms with E-state index in [0.29, 0.717) is 0 Å². The first-order chi connectivity index (χ1) is 3.43. The van der Waals surface area contributed by atoms with E-state index in [9.17, 15) is 0 Å². The van der Waals surface area contributed by atoms with Crippen LogP contribution in [0.25, 0.3) is 0 Å². The molecule has 3 heteroatoms. The minimum absolute atomic E-state index is 0.0694. The Morgan fingerprint density at radius 1 is 1.86 bits per heavy atom. The van der Waals surface area contributed by atoms with Crippen LogP contribution in [0.1, 0.15) is 5.76 Å². The molecule has 1 aromatic heterocycles. The van der Waals surface area contributed by atoms with Gasteiger partial charge in [0, 0.05) is 0 Å². The third-order valence-corrected chi connectivity index (χ3v) is 0.452. The van der Waals surface area contributed by atoms with E-state index in [1.807, 2.05) is 0 Å². The fourth-order valence-corrected chi connectivity index (χ4v) is 0.213. The van der Waals surface area contributed by atoms with Gasteiger partial charge in [-0.05, 0) is 0 Å². The normalized spacial score (nSPS) is 7.86. The molecule has 0 aliphatic heterocycles. The van der Waals surface area contributed by atoms with Crippen LogP contribution in [0.15, 0.2) is 4.42 Å². The number of aromatic nitrogens is 1. The molecular formula is C4N2O. The van der Waals surface area contributed by atoms with Crippen LogP contribution < -0.4 is 0 Å². The van der Waals surface area contributed by atoms with Crippen LogP contribution in [-0.2, 0) is 0 Å². The lowest BCUT2D eigenvalue weighted by Crippen LogP contribution is -1.57. The molecule has 0 unspecified atom stereocenters. The van der Waals surface area contributed by atoms with Gasteiger partial charge in [0.15, 0.2) is 6.20 Å². The van der Waals surface area contributed by atoms with Gasteiger partial charge in [-0.2, -0.15) is 5.26 Å². The summed E-state index contributed by atoms with van der Waals surface area (Å²) in [7, 11) is 0. The van der Waals surface area contributed by atoms with Gasteiger partial charge >= 0.3 is 0 Å². The highest BCUT2D eigenvalue weighted by molar-refractivity contribution is 5.07. The van der Waals surface area contributed by atoms with Crippen LogP contribution in [0, 0.1) is 23.9 Å². The molecule has 0 aliphatic carbocycles. The van der Waals surface area contributed by atoms with Crippen LogP contribution >= 0.6 is 0 Å². The lowest BCUT2D eigenvalue weighted by atomic mass is 10.6. The van der Waals surface area contributed by atoms with E-state index < -0.39 is 0 Å². The van der Waals surface area contributed by atoms with E-state index in [-0.39, 0.29) is 5.76 Å². The van der Waals surface area contributed by atoms with Crippen molar-refractivity contribution in [3.63, 3.8) is 0 Å². The van der Waals surface area contributed by atoms with Gasteiger partial charge in [-0.3, -0.25) is 0 Å². The van der Waals surface area contributed by atoms with E-state index in [0.717, 1.165) is 0 Å². The molecule has 7 heavy (non-hydrogen) atoms. The number of rotatable bonds is 0. The highest BCUT2D eigenvalue weighted by atomic mass is 16.3. The first-order valence-electron chi connectivity index (χ1n) is 1.58. The Morgan fingerprint density at radius 3 is 3.00 bits per heavy atom. The molecule has 0 bridgehead atoms. The van der Waals surface area contributed by atoms with Gasteiger partial charge < -0.3 is 4.42 Å². The average molecular weight is 92.1 g/mol. The zero-order chi connectivity index (χ0) is 5.11. The number of nitrogens with zero attached hydrogens (tertiary/aromatic N) is 2. The van der Waals surface area contributed by atoms with Crippen molar-refractivity contribution < 1.29 is 4.42 Å². The van der Waals surface area contributed by atoms with Crippen molar-refractivity contribution in [1.82, 2.24) is 4.98 Å². The summed E-state index contributed by atoms with van der Waals surface area (Å²) in [6.45, 7) is 0. The van der Waals surface area contributed by atoms with Gasteiger partial charge in [0.05, 0.1) is 0 Å². The first kappa shape index (κ1) is 3.88. The van der Waals surface area contributed by atoms with Crippen LogP contribution in [0.4, 0.5) is 0 Å². The molecule has 0 amide bonds. The second-order valence-electron chi connectivity index (χ2n) is 0.858. The minimum Gasteiger partial charge on any atom is -0.421 e. The third-order valence-electron chi connectivity index (χ3n) is 0.452. The van der Waals surface area contributed by atoms with Crippen molar-refractivity contribution in [1.29, 1.82) is 5.26 Å². The molecule has 1 rings (SSSR count). The van der Waals surface area contributed by atoms with Crippen molar-refractivity contribution >= 4 is 0 Å². The summed E-state index contributed by atoms with van der Waals surface area (Å²) in [6.07, 6.45) is 4.33. The Bertz CT molecular complexity index is 172. The minimum atomic E-state index is 0.0694. The lowest BCUT2D eigenvalue weighted by Gasteiger charge is -1.61. The topological polar surface area (TPSA) is 49.8 Å². The number of oxazole rings is 1. The molecule has 0 aromatic carbocycles. The largest absolute Gasteiger partial charge is 0.421 e. The summed E-state index contributed by atoms with van der Waals surface area (Å²) in [6, 6.07) is 1.69. The Labute approximate surface area is 40.2 Å². The third kappa shape index (κ3) is 0.578. The summed E-state index contributed by atoms with van der Waals surface area (Å²) in [5.74, 6) is 0.0694. The molecule has 1 heterocycles. The van der Waals surface area contributed by atoms with Crippen LogP contribution in [0.2, 0.25) is 0 Å². The molecule has 0 spiro atoms. The van der Waals surface area contributed by atoms with Crippen molar-refractivity contribution in [2.45, 2.75) is 0 Å². The quantitative estimate of drug-likeness (QED) is 0.457. The summed E-state index contributed by atoms with van der Waals surface area (Å²) < 4.78 is 4.33. The lowest BCUT2D eigenvalue weighted by molar-refractivity contribution is 0.534. The highest BCUT2D eigenvalue weighted by Crippen LogP contribution is 1.87. The van der Waals surface area contributed by atoms with Crippen molar-refractivity contribution in [2.75, 3.05) is 0 Å². The van der Waals surface area contributed by atoms with E-state index in [4.69, 9.17) is 5.26 Å². The van der Waals surface area contributed by atoms with E-state index in [1.165, 1.54) is 0 Å². The molecule has 0 saturated heterocycles. The summed E-state index contributed by atoms with van der Waals surface area (Å²) in [5, 5.41) is 7.99. The summed E-state index contributed by atoms with van der Waals surface area (Å²) in [5.41, 5.74) is 0. The predicted molar refractivity (Wildman–Crippen MR) is 18.9 cm³/mol. The fourth-order valence-electron chi connectivity index (χ4n) is 0.213. The summed E-state index contributed by atoms with van der Waals surface area (Å²) >= 11 is 0. The smallest absolute Gasteiger partial charge is 0.285 e. The standard InChI is InChI=1S/C4N2O/c5-1-4-2-6-3-7-4. The van der Waals surface area contributed by atoms with E-state index in [1.54, 1.807) is 6.07 Å². The van der Waals surface area contributed by atoms with Crippen molar-refractivity contribution in [3.8, 4) is 6.07 Å². The molecule has 1 aromatic rings. The monoisotopic (exact) mass is 92.0 g/mol. The molecule has 0 N–H and O–H groups in total. The predicted octanol–water partition coefficient (Wildman–Crippen LogP) is 0.147. The van der Waals surface area contributed by atoms with E-state index >= 15 is 0 Å². The Hall–Kier alpha value is -1.30. The molecule has 2 radical (unpaired) electrons. The maximum atomic E-state index is 7.99. The Morgan fingerprint density at radius 2 is 2.71 bits per heavy atom. The van der Waals surface area contributed by atoms with Crippen LogP contribution in [0.5, 0.6) is 0 Å². The average Bonchev–Trinajstić information content (AvgIpc) is 2.14. The maximum Gasteiger partial charge on any atom is 0.285 e. The summed E-state index contributed by atoms with van der Waals surface area (Å²) in [4.78, 5) is 3.25. The Kier molecular flexibility index (Phi) is 0.794. The van der Waals surface area contributed by atoms with Gasteiger partial charge in [-0.1, -0.05) is 0 Å². The van der Waals surface area contributed by atoms with Gasteiger partial charge in [0.2, 0.25) is 5.76 Å². The van der Waals surface area contributed by atoms with Gasteiger partial charge in [-0.25, -0.2) is 4.98 Å². The molecular weight excluding hydrogens is 92.1 g/mol. The van der Waals surface area contributed by atoms with Crippen LogP contribution in [0.3, 0.4) is 0 Å². The zero-order valence-electron chi connectivity index (χ0n) is 3.30. The molecule has 3 nitrogen and oxygen atoms in total. The first-order valence-corrected chi connectivity index (χ1v) is 1.58. The van der Waals surface area contributed by atoms with E-state index in [2.05, 4.69) is 22.0 Å². The zero-order valence-corrected chi connectivity index (χ0v) is 3.30. The second-order valence-corrected chi connectivity index (χ2v) is 0.858. The van der Waals surface area contributed by atoms with Crippen molar-refractivity contribution in [3.05, 3.63) is 18.4 Å². The molecule has 0 aliphatic rings. The molecule has 32 valence electrons. The fraction of sp³-hybridized carbons (Fsp3) is 0. The number of nitriles is 1. The highest BCUT2D eigenvalue weighted by Gasteiger charge is 1.88. The number of hydrogen-bond donors (Lipinski definition) is 0. The number of hydrogen-bond acceptors (Lipinski definition) is 3. The SMILES string of the molecule is N#Cc1[c]n[c]o1. The molecule has 0 fully saturated rings. The van der Waals surface area contributed by atoms with Gasteiger partial charge in [0.25, 0.3) is 6.39 Å². The molecule has 0 saturated carbocycles. The molecule has 0 atom stereocenters. The maximum absolute atomic E-state index is 7.99. The Balaban J connectivity index is 3.04. The van der Waals surface area contributed by atoms with Gasteiger partial charge in [0.1, 0.15) is 6.07 Å². The van der Waals surface area contributed by atoms with Gasteiger partial charge in [-0.15, -0.1) is 0 Å². The van der Waals surface area contributed by atoms with Crippen molar-refractivity contribution in [2.24, 2.45) is 0 Å². The second kappa shape index (κ2) is 1.43.